The van der Waals surface area contributed by atoms with Crippen molar-refractivity contribution >= 4 is 11.6 Å². The van der Waals surface area contributed by atoms with Crippen LogP contribution < -0.4 is 10.1 Å². The summed E-state index contributed by atoms with van der Waals surface area (Å²) in [5.74, 6) is 0.590. The van der Waals surface area contributed by atoms with Crippen molar-refractivity contribution in [2.75, 3.05) is 32.1 Å². The van der Waals surface area contributed by atoms with Crippen molar-refractivity contribution in [3.63, 3.8) is 0 Å². The van der Waals surface area contributed by atoms with Gasteiger partial charge < -0.3 is 10.1 Å². The van der Waals surface area contributed by atoms with E-state index in [-0.39, 0.29) is 18.4 Å². The molecule has 0 aliphatic heterocycles. The first-order valence-electron chi connectivity index (χ1n) is 6.65. The molecule has 1 rings (SSSR count). The van der Waals surface area contributed by atoms with Gasteiger partial charge in [-0.3, -0.25) is 9.69 Å². The number of anilines is 1. The number of likely N-dealkylation sites (N-methyl/N-ethyl adjacent to an activating group) is 1. The van der Waals surface area contributed by atoms with Crippen LogP contribution in [0.1, 0.15) is 13.8 Å². The third-order valence-electron chi connectivity index (χ3n) is 2.94. The Morgan fingerprint density at radius 2 is 2.10 bits per heavy atom. The van der Waals surface area contributed by atoms with Crippen LogP contribution in [0.15, 0.2) is 24.3 Å². The summed E-state index contributed by atoms with van der Waals surface area (Å²) in [5, 5.41) is 11.6. The second-order valence-corrected chi connectivity index (χ2v) is 4.63. The van der Waals surface area contributed by atoms with E-state index in [2.05, 4.69) is 11.4 Å². The molecule has 1 aromatic carbocycles. The van der Waals surface area contributed by atoms with Crippen LogP contribution in [0, 0.1) is 17.2 Å². The summed E-state index contributed by atoms with van der Waals surface area (Å²) in [6.45, 7) is 5.45. The Bertz CT molecular complexity index is 465. The van der Waals surface area contributed by atoms with E-state index in [1.807, 2.05) is 18.7 Å². The lowest BCUT2D eigenvalue weighted by atomic mass is 10.2. The first-order valence-corrected chi connectivity index (χ1v) is 6.65. The van der Waals surface area contributed by atoms with Crippen molar-refractivity contribution in [2.24, 2.45) is 5.92 Å². The Hall–Kier alpha value is -2.06. The van der Waals surface area contributed by atoms with Crippen molar-refractivity contribution < 1.29 is 9.53 Å². The van der Waals surface area contributed by atoms with Gasteiger partial charge in [-0.25, -0.2) is 0 Å². The van der Waals surface area contributed by atoms with Crippen LogP contribution in [-0.4, -0.2) is 37.6 Å². The van der Waals surface area contributed by atoms with E-state index in [4.69, 9.17) is 10.00 Å². The first kappa shape index (κ1) is 16.0. The lowest BCUT2D eigenvalue weighted by molar-refractivity contribution is -0.117. The van der Waals surface area contributed by atoms with Crippen LogP contribution in [0.2, 0.25) is 0 Å². The zero-order valence-electron chi connectivity index (χ0n) is 12.2. The lowest BCUT2D eigenvalue weighted by Crippen LogP contribution is -2.35. The van der Waals surface area contributed by atoms with E-state index < -0.39 is 0 Å². The van der Waals surface area contributed by atoms with Crippen molar-refractivity contribution in [1.29, 1.82) is 5.26 Å². The third kappa shape index (κ3) is 5.29. The number of benzene rings is 1. The van der Waals surface area contributed by atoms with E-state index in [0.29, 0.717) is 6.54 Å². The van der Waals surface area contributed by atoms with Crippen molar-refractivity contribution in [1.82, 2.24) is 4.90 Å². The zero-order valence-corrected chi connectivity index (χ0v) is 12.2. The highest BCUT2D eigenvalue weighted by molar-refractivity contribution is 5.92. The molecule has 1 amide bonds. The molecule has 0 aromatic heterocycles. The molecular weight excluding hydrogens is 254 g/mol. The lowest BCUT2D eigenvalue weighted by Gasteiger charge is -2.20. The van der Waals surface area contributed by atoms with Gasteiger partial charge in [0.1, 0.15) is 5.75 Å². The normalized spacial score (nSPS) is 11.8. The number of carbonyl (C=O) groups excluding carboxylic acids is 1. The maximum atomic E-state index is 11.9. The molecule has 1 aromatic rings. The number of hydrogen-bond acceptors (Lipinski definition) is 4. The fourth-order valence-corrected chi connectivity index (χ4v) is 1.81. The summed E-state index contributed by atoms with van der Waals surface area (Å²) in [7, 11) is 1.60. The Morgan fingerprint density at radius 3 is 2.60 bits per heavy atom. The molecular formula is C15H21N3O2. The molecule has 0 spiro atoms. The molecule has 0 fully saturated rings. The number of nitriles is 1. The number of rotatable bonds is 7. The van der Waals surface area contributed by atoms with Crippen molar-refractivity contribution in [3.8, 4) is 11.8 Å². The van der Waals surface area contributed by atoms with E-state index in [1.165, 1.54) is 0 Å². The smallest absolute Gasteiger partial charge is 0.238 e. The molecule has 0 aliphatic rings. The summed E-state index contributed by atoms with van der Waals surface area (Å²) in [6.07, 6.45) is 0. The molecule has 108 valence electrons. The predicted molar refractivity (Wildman–Crippen MR) is 78.5 cm³/mol. The number of ether oxygens (including phenoxy) is 1. The van der Waals surface area contributed by atoms with Crippen LogP contribution in [0.5, 0.6) is 5.75 Å². The van der Waals surface area contributed by atoms with Gasteiger partial charge in [-0.15, -0.1) is 0 Å². The average molecular weight is 275 g/mol. The predicted octanol–water partition coefficient (Wildman–Crippen LogP) is 2.12. The van der Waals surface area contributed by atoms with Crippen LogP contribution >= 0.6 is 0 Å². The molecule has 5 heteroatoms. The van der Waals surface area contributed by atoms with Gasteiger partial charge >= 0.3 is 0 Å². The highest BCUT2D eigenvalue weighted by Crippen LogP contribution is 2.14. The minimum atomic E-state index is -0.0813. The number of nitrogens with one attached hydrogen (secondary N) is 1. The highest BCUT2D eigenvalue weighted by atomic mass is 16.5. The Labute approximate surface area is 120 Å². The second kappa shape index (κ2) is 8.18. The highest BCUT2D eigenvalue weighted by Gasteiger charge is 2.12. The van der Waals surface area contributed by atoms with Gasteiger partial charge in [0.15, 0.2) is 0 Å². The molecule has 0 saturated carbocycles. The first-order chi connectivity index (χ1) is 9.58. The standard InChI is InChI=1S/C15H21N3O2/c1-4-18(10-12(2)9-16)11-15(19)17-13-5-7-14(20-3)8-6-13/h5-8,12H,4,10-11H2,1-3H3,(H,17,19)/t12-/m1/s1. The molecule has 0 aliphatic carbocycles. The molecule has 0 bridgehead atoms. The van der Waals surface area contributed by atoms with Crippen molar-refractivity contribution in [2.45, 2.75) is 13.8 Å². The van der Waals surface area contributed by atoms with E-state index >= 15 is 0 Å². The Morgan fingerprint density at radius 1 is 1.45 bits per heavy atom. The zero-order chi connectivity index (χ0) is 15.0. The average Bonchev–Trinajstić information content (AvgIpc) is 2.47. The largest absolute Gasteiger partial charge is 0.497 e. The molecule has 1 N–H and O–H groups in total. The van der Waals surface area contributed by atoms with Crippen molar-refractivity contribution in [3.05, 3.63) is 24.3 Å². The maximum absolute atomic E-state index is 11.9. The molecule has 0 radical (unpaired) electrons. The number of nitrogens with zero attached hydrogens (tertiary/aromatic N) is 2. The summed E-state index contributed by atoms with van der Waals surface area (Å²) in [6, 6.07) is 9.36. The van der Waals surface area contributed by atoms with Gasteiger partial charge in [0, 0.05) is 12.2 Å². The SMILES string of the molecule is CCN(CC(=O)Nc1ccc(OC)cc1)C[C@H](C)C#N. The van der Waals surface area contributed by atoms with Gasteiger partial charge in [-0.2, -0.15) is 5.26 Å². The van der Waals surface area contributed by atoms with Gasteiger partial charge in [0.05, 0.1) is 25.6 Å². The van der Waals surface area contributed by atoms with E-state index in [1.54, 1.807) is 31.4 Å². The summed E-state index contributed by atoms with van der Waals surface area (Å²) in [4.78, 5) is 13.9. The quantitative estimate of drug-likeness (QED) is 0.827. The Kier molecular flexibility index (Phi) is 6.54. The third-order valence-corrected chi connectivity index (χ3v) is 2.94. The Balaban J connectivity index is 2.50. The van der Waals surface area contributed by atoms with Gasteiger partial charge in [0.2, 0.25) is 5.91 Å². The second-order valence-electron chi connectivity index (χ2n) is 4.63. The molecule has 0 saturated heterocycles. The number of methoxy groups -OCH3 is 1. The molecule has 1 atom stereocenters. The summed E-state index contributed by atoms with van der Waals surface area (Å²) < 4.78 is 5.06. The molecule has 0 heterocycles. The van der Waals surface area contributed by atoms with Crippen LogP contribution in [0.4, 0.5) is 5.69 Å². The fraction of sp³-hybridized carbons (Fsp3) is 0.467. The number of amides is 1. The molecule has 20 heavy (non-hydrogen) atoms. The monoisotopic (exact) mass is 275 g/mol. The molecule has 0 unspecified atom stereocenters. The summed E-state index contributed by atoms with van der Waals surface area (Å²) >= 11 is 0. The van der Waals surface area contributed by atoms with Gasteiger partial charge in [-0.05, 0) is 37.7 Å². The topological polar surface area (TPSA) is 65.4 Å². The van der Waals surface area contributed by atoms with Gasteiger partial charge in [0.25, 0.3) is 0 Å². The minimum Gasteiger partial charge on any atom is -0.497 e. The van der Waals surface area contributed by atoms with E-state index in [0.717, 1.165) is 18.0 Å². The minimum absolute atomic E-state index is 0.0799. The number of hydrogen-bond donors (Lipinski definition) is 1. The van der Waals surface area contributed by atoms with Crippen LogP contribution in [0.3, 0.4) is 0 Å². The fourth-order valence-electron chi connectivity index (χ4n) is 1.81. The van der Waals surface area contributed by atoms with Crippen LogP contribution in [-0.2, 0) is 4.79 Å². The molecule has 5 nitrogen and oxygen atoms in total. The van der Waals surface area contributed by atoms with Gasteiger partial charge in [-0.1, -0.05) is 6.92 Å². The maximum Gasteiger partial charge on any atom is 0.238 e. The summed E-state index contributed by atoms with van der Waals surface area (Å²) in [5.41, 5.74) is 0.736. The van der Waals surface area contributed by atoms with E-state index in [9.17, 15) is 4.79 Å². The number of carbonyl (C=O) groups is 1. The van der Waals surface area contributed by atoms with Crippen LogP contribution in [0.25, 0.3) is 0 Å².